The average molecular weight is 384 g/mol. The van der Waals surface area contributed by atoms with E-state index in [1.165, 1.54) is 23.3 Å². The highest BCUT2D eigenvalue weighted by atomic mass is 19.1. The molecule has 3 nitrogen and oxygen atoms in total. The molecular formula is C24H30FNO2. The second-order valence-corrected chi connectivity index (χ2v) is 8.07. The van der Waals surface area contributed by atoms with Crippen LogP contribution in [-0.2, 0) is 22.5 Å². The number of hydrogen-bond acceptors (Lipinski definition) is 3. The Hall–Kier alpha value is -2.20. The number of rotatable bonds is 7. The summed E-state index contributed by atoms with van der Waals surface area (Å²) in [5, 5.41) is 0. The number of aryl methyl sites for hydroxylation is 1. The summed E-state index contributed by atoms with van der Waals surface area (Å²) in [5.74, 6) is 0.152. The Morgan fingerprint density at radius 2 is 1.57 bits per heavy atom. The molecule has 0 bridgehead atoms. The largest absolute Gasteiger partial charge is 0.462 e. The van der Waals surface area contributed by atoms with Crippen LogP contribution in [0.5, 0.6) is 0 Å². The Bertz CT molecular complexity index is 747. The summed E-state index contributed by atoms with van der Waals surface area (Å²) < 4.78 is 18.6. The number of benzene rings is 2. The maximum absolute atomic E-state index is 12.9. The van der Waals surface area contributed by atoms with E-state index in [1.54, 1.807) is 12.1 Å². The molecule has 0 spiro atoms. The molecule has 0 aromatic heterocycles. The van der Waals surface area contributed by atoms with Gasteiger partial charge in [-0.2, -0.15) is 0 Å². The molecule has 0 heterocycles. The summed E-state index contributed by atoms with van der Waals surface area (Å²) in [5.41, 5.74) is 3.68. The summed E-state index contributed by atoms with van der Waals surface area (Å²) in [7, 11) is 4.16. The van der Waals surface area contributed by atoms with E-state index in [9.17, 15) is 9.18 Å². The minimum atomic E-state index is -0.254. The van der Waals surface area contributed by atoms with Crippen LogP contribution in [-0.4, -0.2) is 31.1 Å². The van der Waals surface area contributed by atoms with Crippen molar-refractivity contribution in [3.63, 3.8) is 0 Å². The molecule has 0 N–H and O–H groups in total. The summed E-state index contributed by atoms with van der Waals surface area (Å²) in [4.78, 5) is 14.3. The summed E-state index contributed by atoms with van der Waals surface area (Å²) in [6, 6.07) is 15.2. The van der Waals surface area contributed by atoms with E-state index in [1.807, 2.05) is 0 Å². The number of halogens is 1. The van der Waals surface area contributed by atoms with Crippen molar-refractivity contribution in [3.8, 4) is 0 Å². The summed E-state index contributed by atoms with van der Waals surface area (Å²) >= 11 is 0. The Morgan fingerprint density at radius 1 is 0.964 bits per heavy atom. The Morgan fingerprint density at radius 3 is 2.18 bits per heavy atom. The molecule has 1 fully saturated rings. The van der Waals surface area contributed by atoms with Crippen molar-refractivity contribution in [2.24, 2.45) is 0 Å². The third-order valence-electron chi connectivity index (χ3n) is 5.45. The quantitative estimate of drug-likeness (QED) is 0.624. The van der Waals surface area contributed by atoms with Gasteiger partial charge < -0.3 is 9.64 Å². The predicted molar refractivity (Wildman–Crippen MR) is 110 cm³/mol. The van der Waals surface area contributed by atoms with Crippen molar-refractivity contribution in [1.29, 1.82) is 0 Å². The topological polar surface area (TPSA) is 29.5 Å². The van der Waals surface area contributed by atoms with E-state index in [0.29, 0.717) is 18.8 Å². The molecule has 28 heavy (non-hydrogen) atoms. The van der Waals surface area contributed by atoms with Gasteiger partial charge in [0, 0.05) is 13.0 Å². The zero-order valence-corrected chi connectivity index (χ0v) is 16.9. The first kappa shape index (κ1) is 20.5. The second kappa shape index (κ2) is 9.83. The lowest BCUT2D eigenvalue weighted by Gasteiger charge is -2.28. The molecule has 2 aromatic rings. The second-order valence-electron chi connectivity index (χ2n) is 8.07. The van der Waals surface area contributed by atoms with Gasteiger partial charge in [0.1, 0.15) is 11.9 Å². The van der Waals surface area contributed by atoms with Crippen molar-refractivity contribution in [1.82, 2.24) is 4.90 Å². The standard InChI is InChI=1S/C24H30FNO2/c1-26(2)17-19-3-8-20(9-4-19)21-10-14-23(15-11-21)28-24(27)16-7-18-5-12-22(25)13-6-18/h3-6,8-9,12-13,21,23H,7,10-11,14-17H2,1-2H3. The van der Waals surface area contributed by atoms with Gasteiger partial charge in [-0.25, -0.2) is 4.39 Å². The fourth-order valence-corrected chi connectivity index (χ4v) is 3.92. The maximum atomic E-state index is 12.9. The predicted octanol–water partition coefficient (Wildman–Crippen LogP) is 5.09. The van der Waals surface area contributed by atoms with Crippen molar-refractivity contribution in [2.75, 3.05) is 14.1 Å². The molecule has 0 aliphatic heterocycles. The van der Waals surface area contributed by atoms with Crippen LogP contribution in [0.15, 0.2) is 48.5 Å². The van der Waals surface area contributed by atoms with Crippen LogP contribution < -0.4 is 0 Å². The lowest BCUT2D eigenvalue weighted by Crippen LogP contribution is -2.24. The van der Waals surface area contributed by atoms with Crippen LogP contribution in [0.25, 0.3) is 0 Å². The lowest BCUT2D eigenvalue weighted by atomic mass is 9.82. The summed E-state index contributed by atoms with van der Waals surface area (Å²) in [6.45, 7) is 0.959. The number of ether oxygens (including phenoxy) is 1. The molecule has 4 heteroatoms. The van der Waals surface area contributed by atoms with Gasteiger partial charge in [-0.05, 0) is 80.9 Å². The molecule has 0 radical (unpaired) electrons. The van der Waals surface area contributed by atoms with Crippen molar-refractivity contribution < 1.29 is 13.9 Å². The highest BCUT2D eigenvalue weighted by molar-refractivity contribution is 5.70. The van der Waals surface area contributed by atoms with Gasteiger partial charge in [0.25, 0.3) is 0 Å². The lowest BCUT2D eigenvalue weighted by molar-refractivity contribution is -0.150. The first-order valence-electron chi connectivity index (χ1n) is 10.2. The molecule has 0 unspecified atom stereocenters. The van der Waals surface area contributed by atoms with E-state index in [-0.39, 0.29) is 17.9 Å². The van der Waals surface area contributed by atoms with Gasteiger partial charge >= 0.3 is 5.97 Å². The van der Waals surface area contributed by atoms with E-state index in [2.05, 4.69) is 43.3 Å². The molecule has 3 rings (SSSR count). The van der Waals surface area contributed by atoms with Gasteiger partial charge in [0.15, 0.2) is 0 Å². The average Bonchev–Trinajstić information content (AvgIpc) is 2.68. The minimum absolute atomic E-state index is 0.0324. The molecule has 1 saturated carbocycles. The van der Waals surface area contributed by atoms with Crippen LogP contribution in [0.2, 0.25) is 0 Å². The number of nitrogens with zero attached hydrogens (tertiary/aromatic N) is 1. The summed E-state index contributed by atoms with van der Waals surface area (Å²) in [6.07, 6.45) is 4.93. The van der Waals surface area contributed by atoms with Gasteiger partial charge in [-0.1, -0.05) is 36.4 Å². The Kier molecular flexibility index (Phi) is 7.21. The van der Waals surface area contributed by atoms with E-state index >= 15 is 0 Å². The molecule has 2 aromatic carbocycles. The maximum Gasteiger partial charge on any atom is 0.306 e. The van der Waals surface area contributed by atoms with Crippen LogP contribution in [0.4, 0.5) is 4.39 Å². The molecule has 150 valence electrons. The number of carbonyl (C=O) groups is 1. The zero-order valence-electron chi connectivity index (χ0n) is 16.9. The normalized spacial score (nSPS) is 19.6. The van der Waals surface area contributed by atoms with Gasteiger partial charge in [0.2, 0.25) is 0 Å². The monoisotopic (exact) mass is 383 g/mol. The molecule has 1 aliphatic carbocycles. The third kappa shape index (κ3) is 6.16. The number of carbonyl (C=O) groups excluding carboxylic acids is 1. The van der Waals surface area contributed by atoms with Crippen molar-refractivity contribution in [3.05, 3.63) is 71.0 Å². The van der Waals surface area contributed by atoms with Crippen LogP contribution in [0.1, 0.15) is 54.7 Å². The highest BCUT2D eigenvalue weighted by Gasteiger charge is 2.24. The van der Waals surface area contributed by atoms with Crippen LogP contribution in [0, 0.1) is 5.82 Å². The fraction of sp³-hybridized carbons (Fsp3) is 0.458. The molecule has 1 aliphatic rings. The molecule has 0 amide bonds. The first-order valence-corrected chi connectivity index (χ1v) is 10.2. The third-order valence-corrected chi connectivity index (χ3v) is 5.45. The van der Waals surface area contributed by atoms with Crippen molar-refractivity contribution in [2.45, 2.75) is 57.1 Å². The SMILES string of the molecule is CN(C)Cc1ccc(C2CCC(OC(=O)CCc3ccc(F)cc3)CC2)cc1. The molecule has 0 saturated heterocycles. The fourth-order valence-electron chi connectivity index (χ4n) is 3.92. The van der Waals surface area contributed by atoms with Gasteiger partial charge in [-0.3, -0.25) is 4.79 Å². The number of esters is 1. The van der Waals surface area contributed by atoms with Gasteiger partial charge in [-0.15, -0.1) is 0 Å². The minimum Gasteiger partial charge on any atom is -0.462 e. The molecule has 0 atom stereocenters. The van der Waals surface area contributed by atoms with E-state index in [0.717, 1.165) is 37.8 Å². The molecular weight excluding hydrogens is 353 g/mol. The first-order chi connectivity index (χ1) is 13.5. The van der Waals surface area contributed by atoms with Gasteiger partial charge in [0.05, 0.1) is 0 Å². The Labute approximate surface area is 167 Å². The van der Waals surface area contributed by atoms with Crippen LogP contribution in [0.3, 0.4) is 0 Å². The smallest absolute Gasteiger partial charge is 0.306 e. The van der Waals surface area contributed by atoms with E-state index in [4.69, 9.17) is 4.74 Å². The van der Waals surface area contributed by atoms with Crippen LogP contribution >= 0.6 is 0 Å². The zero-order chi connectivity index (χ0) is 19.9. The van der Waals surface area contributed by atoms with E-state index < -0.39 is 0 Å². The highest BCUT2D eigenvalue weighted by Crippen LogP contribution is 2.34. The Balaban J connectivity index is 1.41. The van der Waals surface area contributed by atoms with Crippen molar-refractivity contribution >= 4 is 5.97 Å². The number of hydrogen-bond donors (Lipinski definition) is 0.